The molecule has 0 atom stereocenters. The second-order valence-corrected chi connectivity index (χ2v) is 2.51. The number of allylic oxidation sites excluding steroid dienone is 2. The molecule has 0 heterocycles. The Morgan fingerprint density at radius 2 is 2.00 bits per heavy atom. The Hall–Kier alpha value is 0.0334. The Balaban J connectivity index is 0. The van der Waals surface area contributed by atoms with E-state index in [-0.39, 0.29) is 25.3 Å². The first kappa shape index (κ1) is 13.6. The molecule has 0 rings (SSSR count). The fourth-order valence-electron chi connectivity index (χ4n) is 0.761. The van der Waals surface area contributed by atoms with Crippen LogP contribution in [-0.2, 0) is 24.3 Å². The van der Waals surface area contributed by atoms with Crippen LogP contribution in [0, 0.1) is 0 Å². The van der Waals surface area contributed by atoms with E-state index in [2.05, 4.69) is 6.92 Å². The summed E-state index contributed by atoms with van der Waals surface area (Å²) >= 11 is 0. The number of carbonyl (C=O) groups excluding carboxylic acids is 1. The Kier molecular flexibility index (Phi) is 12.4. The molecule has 0 spiro atoms. The zero-order valence-electron chi connectivity index (χ0n) is 7.60. The zero-order chi connectivity index (χ0) is 7.82. The van der Waals surface area contributed by atoms with Crippen molar-refractivity contribution in [1.29, 1.82) is 0 Å². The van der Waals surface area contributed by atoms with Crippen molar-refractivity contribution in [2.75, 3.05) is 0 Å². The predicted molar refractivity (Wildman–Crippen MR) is 44.0 cm³/mol. The van der Waals surface area contributed by atoms with Gasteiger partial charge in [0.25, 0.3) is 0 Å². The number of hydrogen-bond acceptors (Lipinski definition) is 1. The number of hydrogen-bond donors (Lipinski definition) is 0. The molecule has 0 radical (unpaired) electrons. The van der Waals surface area contributed by atoms with Crippen molar-refractivity contribution in [3.63, 3.8) is 0 Å². The molecule has 0 aromatic carbocycles. The molecule has 0 amide bonds. The first-order valence-corrected chi connectivity index (χ1v) is 3.94. The van der Waals surface area contributed by atoms with Crippen LogP contribution in [0.1, 0.15) is 39.5 Å². The van der Waals surface area contributed by atoms with Gasteiger partial charge in [0, 0.05) is 19.5 Å². The summed E-state index contributed by atoms with van der Waals surface area (Å²) in [4.78, 5) is 10.4. The van der Waals surface area contributed by atoms with Crippen LogP contribution >= 0.6 is 0 Å². The summed E-state index contributed by atoms with van der Waals surface area (Å²) in [5.41, 5.74) is 0. The third-order valence-electron chi connectivity index (χ3n) is 1.33. The summed E-state index contributed by atoms with van der Waals surface area (Å²) in [6, 6.07) is 0. The van der Waals surface area contributed by atoms with Crippen molar-refractivity contribution in [1.82, 2.24) is 0 Å². The topological polar surface area (TPSA) is 17.1 Å². The summed E-state index contributed by atoms with van der Waals surface area (Å²) in [5.74, 6) is 0.150. The van der Waals surface area contributed by atoms with Crippen LogP contribution in [0.15, 0.2) is 12.2 Å². The largest absolute Gasteiger partial charge is 0.295 e. The van der Waals surface area contributed by atoms with Crippen LogP contribution < -0.4 is 0 Å². The Morgan fingerprint density at radius 3 is 2.45 bits per heavy atom. The number of unbranched alkanes of at least 4 members (excludes halogenated alkanes) is 3. The predicted octanol–water partition coefficient (Wildman–Crippen LogP) is 2.71. The van der Waals surface area contributed by atoms with E-state index in [4.69, 9.17) is 0 Å². The molecule has 0 aromatic heterocycles. The van der Waals surface area contributed by atoms with Crippen molar-refractivity contribution in [2.45, 2.75) is 39.5 Å². The molecule has 0 unspecified atom stereocenters. The summed E-state index contributed by atoms with van der Waals surface area (Å²) in [6.07, 6.45) is 8.37. The first-order valence-electron chi connectivity index (χ1n) is 3.94. The molecule has 0 saturated heterocycles. The van der Waals surface area contributed by atoms with Crippen molar-refractivity contribution >= 4 is 5.78 Å². The van der Waals surface area contributed by atoms with E-state index in [0.717, 1.165) is 6.42 Å². The molecule has 0 fully saturated rings. The van der Waals surface area contributed by atoms with Crippen LogP contribution in [0.25, 0.3) is 0 Å². The van der Waals surface area contributed by atoms with Crippen molar-refractivity contribution in [2.24, 2.45) is 0 Å². The maximum Gasteiger partial charge on any atom is 0.152 e. The molecule has 0 aliphatic heterocycles. The molecule has 0 aliphatic carbocycles. The van der Waals surface area contributed by atoms with Crippen LogP contribution in [0.5, 0.6) is 0 Å². The second kappa shape index (κ2) is 10.0. The van der Waals surface area contributed by atoms with E-state index < -0.39 is 0 Å². The molecule has 1 nitrogen and oxygen atoms in total. The first-order chi connectivity index (χ1) is 4.77. The molecule has 11 heavy (non-hydrogen) atoms. The fourth-order valence-corrected chi connectivity index (χ4v) is 0.761. The van der Waals surface area contributed by atoms with E-state index >= 15 is 0 Å². The summed E-state index contributed by atoms with van der Waals surface area (Å²) in [5, 5.41) is 0. The Morgan fingerprint density at radius 1 is 1.36 bits per heavy atom. The van der Waals surface area contributed by atoms with Gasteiger partial charge in [-0.3, -0.25) is 4.79 Å². The average Bonchev–Trinajstić information content (AvgIpc) is 1.87. The van der Waals surface area contributed by atoms with Crippen molar-refractivity contribution < 1.29 is 24.3 Å². The van der Waals surface area contributed by atoms with E-state index in [0.29, 0.717) is 0 Å². The molecule has 0 saturated carbocycles. The van der Waals surface area contributed by atoms with Gasteiger partial charge in [0.05, 0.1) is 0 Å². The van der Waals surface area contributed by atoms with Gasteiger partial charge in [-0.15, -0.1) is 0 Å². The van der Waals surface area contributed by atoms with Gasteiger partial charge < -0.3 is 0 Å². The van der Waals surface area contributed by atoms with Crippen molar-refractivity contribution in [3.8, 4) is 0 Å². The number of ketones is 1. The average molecular weight is 206 g/mol. The third-order valence-corrected chi connectivity index (χ3v) is 1.33. The zero-order valence-corrected chi connectivity index (χ0v) is 10.6. The maximum absolute atomic E-state index is 10.4. The SMILES string of the molecule is CCCCCC=CC(C)=O.[Zn]. The van der Waals surface area contributed by atoms with Crippen molar-refractivity contribution in [3.05, 3.63) is 12.2 Å². The fraction of sp³-hybridized carbons (Fsp3) is 0.667. The van der Waals surface area contributed by atoms with Gasteiger partial charge in [-0.25, -0.2) is 0 Å². The van der Waals surface area contributed by atoms with E-state index in [1.807, 2.05) is 6.08 Å². The molecule has 0 N–H and O–H groups in total. The van der Waals surface area contributed by atoms with E-state index in [9.17, 15) is 4.79 Å². The number of carbonyl (C=O) groups is 1. The number of rotatable bonds is 5. The van der Waals surface area contributed by atoms with Gasteiger partial charge in [0.15, 0.2) is 5.78 Å². The minimum absolute atomic E-state index is 0. The maximum atomic E-state index is 10.4. The van der Waals surface area contributed by atoms with E-state index in [1.165, 1.54) is 19.3 Å². The Bertz CT molecular complexity index is 119. The standard InChI is InChI=1S/C9H16O.Zn/c1-3-4-5-6-7-8-9(2)10;/h7-8H,3-6H2,1-2H3;. The summed E-state index contributed by atoms with van der Waals surface area (Å²) in [7, 11) is 0. The molecule has 0 bridgehead atoms. The van der Waals surface area contributed by atoms with Crippen LogP contribution in [0.3, 0.4) is 0 Å². The monoisotopic (exact) mass is 204 g/mol. The Labute approximate surface area is 82.0 Å². The van der Waals surface area contributed by atoms with E-state index in [1.54, 1.807) is 13.0 Å². The minimum Gasteiger partial charge on any atom is -0.295 e. The summed E-state index contributed by atoms with van der Waals surface area (Å²) < 4.78 is 0. The van der Waals surface area contributed by atoms with Gasteiger partial charge >= 0.3 is 0 Å². The minimum atomic E-state index is 0. The van der Waals surface area contributed by atoms with Gasteiger partial charge in [-0.2, -0.15) is 0 Å². The normalized spacial score (nSPS) is 9.64. The van der Waals surface area contributed by atoms with Gasteiger partial charge in [0.2, 0.25) is 0 Å². The smallest absolute Gasteiger partial charge is 0.152 e. The molecular weight excluding hydrogens is 189 g/mol. The van der Waals surface area contributed by atoms with Gasteiger partial charge in [-0.05, 0) is 25.8 Å². The van der Waals surface area contributed by atoms with Gasteiger partial charge in [-0.1, -0.05) is 25.8 Å². The van der Waals surface area contributed by atoms with Crippen LogP contribution in [0.2, 0.25) is 0 Å². The van der Waals surface area contributed by atoms with Crippen LogP contribution in [-0.4, -0.2) is 5.78 Å². The summed E-state index contributed by atoms with van der Waals surface area (Å²) in [6.45, 7) is 3.75. The molecule has 0 aromatic rings. The molecule has 60 valence electrons. The second-order valence-electron chi connectivity index (χ2n) is 2.51. The third kappa shape index (κ3) is 13.1. The molecular formula is C9H16OZn. The molecule has 2 heteroatoms. The van der Waals surface area contributed by atoms with Gasteiger partial charge in [0.1, 0.15) is 0 Å². The molecule has 0 aliphatic rings. The van der Waals surface area contributed by atoms with Crippen LogP contribution in [0.4, 0.5) is 0 Å². The quantitative estimate of drug-likeness (QED) is 0.383.